The van der Waals surface area contributed by atoms with Crippen LogP contribution in [0.1, 0.15) is 12.5 Å². The van der Waals surface area contributed by atoms with Gasteiger partial charge in [-0.15, -0.1) is 0 Å². The maximum absolute atomic E-state index is 12.7. The molecule has 1 rings (SSSR count). The summed E-state index contributed by atoms with van der Waals surface area (Å²) in [6.45, 7) is 1.52. The number of hydrogen-bond donors (Lipinski definition) is 2. The molecule has 2 N–H and O–H groups in total. The third-order valence-electron chi connectivity index (χ3n) is 2.57. The van der Waals surface area contributed by atoms with Crippen LogP contribution in [-0.2, 0) is 16.0 Å². The van der Waals surface area contributed by atoms with Gasteiger partial charge in [0.25, 0.3) is 0 Å². The number of sulfone groups is 1. The van der Waals surface area contributed by atoms with Crippen molar-refractivity contribution in [1.82, 2.24) is 4.98 Å². The van der Waals surface area contributed by atoms with Crippen molar-refractivity contribution in [3.63, 3.8) is 0 Å². The molecule has 0 unspecified atom stereocenters. The molecule has 1 aromatic rings. The van der Waals surface area contributed by atoms with Gasteiger partial charge in [-0.05, 0) is 12.1 Å². The lowest BCUT2D eigenvalue weighted by atomic mass is 10.2. The highest BCUT2D eigenvalue weighted by atomic mass is 32.2. The number of aromatic nitrogens is 1. The van der Waals surface area contributed by atoms with E-state index in [0.717, 1.165) is 12.1 Å². The Balaban J connectivity index is 2.85. The van der Waals surface area contributed by atoms with Gasteiger partial charge in [0.05, 0.1) is 11.3 Å². The normalized spacial score (nSPS) is 12.2. The molecule has 0 saturated heterocycles. The second kappa shape index (κ2) is 6.29. The van der Waals surface area contributed by atoms with E-state index in [1.165, 1.54) is 14.0 Å². The van der Waals surface area contributed by atoms with Gasteiger partial charge in [-0.3, -0.25) is 0 Å². The Morgan fingerprint density at radius 1 is 1.25 bits per heavy atom. The molecule has 0 saturated carbocycles. The van der Waals surface area contributed by atoms with Gasteiger partial charge in [-0.2, -0.15) is 13.2 Å². The van der Waals surface area contributed by atoms with Crippen molar-refractivity contribution in [3.05, 3.63) is 17.7 Å². The van der Waals surface area contributed by atoms with Crippen LogP contribution in [0, 0.1) is 0 Å². The van der Waals surface area contributed by atoms with Gasteiger partial charge in [0.1, 0.15) is 11.6 Å². The minimum Gasteiger partial charge on any atom is -0.373 e. The van der Waals surface area contributed by atoms with Crippen molar-refractivity contribution >= 4 is 21.5 Å². The van der Waals surface area contributed by atoms with Crippen molar-refractivity contribution in [3.8, 4) is 0 Å². The molecule has 0 aliphatic carbocycles. The molecule has 0 spiro atoms. The average molecular weight is 311 g/mol. The Morgan fingerprint density at radius 2 is 1.85 bits per heavy atom. The Bertz CT molecular complexity index is 559. The summed E-state index contributed by atoms with van der Waals surface area (Å²) in [5.74, 6) is -0.126. The summed E-state index contributed by atoms with van der Waals surface area (Å²) >= 11 is 0. The first kappa shape index (κ1) is 16.5. The molecule has 0 amide bonds. The average Bonchev–Trinajstić information content (AvgIpc) is 2.37. The molecule has 0 atom stereocenters. The molecule has 0 aliphatic rings. The highest BCUT2D eigenvalue weighted by molar-refractivity contribution is 7.91. The van der Waals surface area contributed by atoms with Crippen LogP contribution in [0.25, 0.3) is 0 Å². The van der Waals surface area contributed by atoms with E-state index >= 15 is 0 Å². The molecular weight excluding hydrogens is 295 g/mol. The fourth-order valence-corrected chi connectivity index (χ4v) is 2.09. The van der Waals surface area contributed by atoms with Gasteiger partial charge < -0.3 is 10.6 Å². The first-order chi connectivity index (χ1) is 9.18. The Labute approximate surface area is 115 Å². The van der Waals surface area contributed by atoms with Gasteiger partial charge in [0.15, 0.2) is 9.84 Å². The van der Waals surface area contributed by atoms with Crippen molar-refractivity contribution < 1.29 is 21.6 Å². The van der Waals surface area contributed by atoms with Crippen molar-refractivity contribution in [2.45, 2.75) is 13.1 Å². The highest BCUT2D eigenvalue weighted by Crippen LogP contribution is 2.31. The van der Waals surface area contributed by atoms with Gasteiger partial charge in [-0.25, -0.2) is 13.4 Å². The van der Waals surface area contributed by atoms with Crippen LogP contribution in [0.2, 0.25) is 0 Å². The minimum absolute atomic E-state index is 0.00748. The van der Waals surface area contributed by atoms with Crippen LogP contribution in [0.15, 0.2) is 12.1 Å². The Hall–Kier alpha value is -1.51. The predicted molar refractivity (Wildman–Crippen MR) is 71.6 cm³/mol. The smallest absolute Gasteiger partial charge is 0.373 e. The van der Waals surface area contributed by atoms with Crippen LogP contribution < -0.4 is 10.6 Å². The van der Waals surface area contributed by atoms with Crippen molar-refractivity contribution in [2.24, 2.45) is 0 Å². The maximum Gasteiger partial charge on any atom is 0.416 e. The number of nitrogens with one attached hydrogen (secondary N) is 2. The first-order valence-corrected chi connectivity index (χ1v) is 7.71. The van der Waals surface area contributed by atoms with Crippen LogP contribution in [0.5, 0.6) is 0 Å². The highest BCUT2D eigenvalue weighted by Gasteiger charge is 2.31. The first-order valence-electron chi connectivity index (χ1n) is 5.89. The molecule has 9 heteroatoms. The summed E-state index contributed by atoms with van der Waals surface area (Å²) in [6.07, 6.45) is -4.49. The maximum atomic E-state index is 12.7. The third-order valence-corrected chi connectivity index (χ3v) is 4.27. The fraction of sp³-hybridized carbons (Fsp3) is 0.545. The van der Waals surface area contributed by atoms with E-state index in [1.807, 2.05) is 0 Å². The molecule has 0 aromatic carbocycles. The number of nitrogens with zero attached hydrogens (tertiary/aromatic N) is 1. The predicted octanol–water partition coefficient (Wildman–Crippen LogP) is 1.99. The van der Waals surface area contributed by atoms with Crippen molar-refractivity contribution in [1.29, 1.82) is 0 Å². The van der Waals surface area contributed by atoms with E-state index in [-0.39, 0.29) is 29.7 Å². The number of halogens is 3. The fourth-order valence-electron chi connectivity index (χ4n) is 1.39. The standard InChI is InChI=1S/C11H16F3N3O2S/c1-3-20(18,19)5-4-16-10-7-8(11(12,13)14)6-9(15-2)17-10/h6-7H,3-5H2,1-2H3,(H2,15,16,17). The molecule has 0 aliphatic heterocycles. The van der Waals surface area contributed by atoms with E-state index in [9.17, 15) is 21.6 Å². The van der Waals surface area contributed by atoms with E-state index < -0.39 is 21.6 Å². The number of alkyl halides is 3. The molecular formula is C11H16F3N3O2S. The number of rotatable bonds is 6. The summed E-state index contributed by atoms with van der Waals surface area (Å²) in [5.41, 5.74) is -0.849. The van der Waals surface area contributed by atoms with Crippen LogP contribution in [-0.4, -0.2) is 38.5 Å². The number of anilines is 2. The number of hydrogen-bond acceptors (Lipinski definition) is 5. The number of pyridine rings is 1. The van der Waals surface area contributed by atoms with Gasteiger partial charge in [-0.1, -0.05) is 6.92 Å². The zero-order valence-corrected chi connectivity index (χ0v) is 11.9. The van der Waals surface area contributed by atoms with Gasteiger partial charge in [0.2, 0.25) is 0 Å². The quantitative estimate of drug-likeness (QED) is 0.841. The molecule has 0 fully saturated rings. The molecule has 20 heavy (non-hydrogen) atoms. The molecule has 5 nitrogen and oxygen atoms in total. The summed E-state index contributed by atoms with van der Waals surface area (Å²) < 4.78 is 60.6. The monoisotopic (exact) mass is 311 g/mol. The summed E-state index contributed by atoms with van der Waals surface area (Å²) in [6, 6.07) is 1.73. The second-order valence-corrected chi connectivity index (χ2v) is 6.51. The van der Waals surface area contributed by atoms with E-state index in [0.29, 0.717) is 0 Å². The lowest BCUT2D eigenvalue weighted by molar-refractivity contribution is -0.137. The van der Waals surface area contributed by atoms with E-state index in [1.54, 1.807) is 0 Å². The third kappa shape index (κ3) is 4.87. The van der Waals surface area contributed by atoms with Crippen LogP contribution in [0.4, 0.5) is 24.8 Å². The van der Waals surface area contributed by atoms with Crippen molar-refractivity contribution in [2.75, 3.05) is 35.7 Å². The van der Waals surface area contributed by atoms with Crippen LogP contribution in [0.3, 0.4) is 0 Å². The minimum atomic E-state index is -4.49. The van der Waals surface area contributed by atoms with Crippen LogP contribution >= 0.6 is 0 Å². The summed E-state index contributed by atoms with van der Waals surface area (Å²) in [5, 5.41) is 5.12. The zero-order chi connectivity index (χ0) is 15.4. The topological polar surface area (TPSA) is 71.1 Å². The van der Waals surface area contributed by atoms with E-state index in [2.05, 4.69) is 15.6 Å². The van der Waals surface area contributed by atoms with Gasteiger partial charge in [0, 0.05) is 19.3 Å². The lowest BCUT2D eigenvalue weighted by Crippen LogP contribution is -2.18. The molecule has 1 heterocycles. The largest absolute Gasteiger partial charge is 0.416 e. The Morgan fingerprint density at radius 3 is 2.35 bits per heavy atom. The Kier molecular flexibility index (Phi) is 5.21. The van der Waals surface area contributed by atoms with Gasteiger partial charge >= 0.3 is 6.18 Å². The molecule has 0 bridgehead atoms. The lowest BCUT2D eigenvalue weighted by Gasteiger charge is -2.12. The summed E-state index contributed by atoms with van der Waals surface area (Å²) in [7, 11) is -1.72. The molecule has 0 radical (unpaired) electrons. The van der Waals surface area contributed by atoms with E-state index in [4.69, 9.17) is 0 Å². The SMILES string of the molecule is CCS(=O)(=O)CCNc1cc(C(F)(F)F)cc(NC)n1. The zero-order valence-electron chi connectivity index (χ0n) is 11.1. The molecule has 1 aromatic heterocycles. The second-order valence-electron chi connectivity index (χ2n) is 4.04. The molecule has 114 valence electrons. The summed E-state index contributed by atoms with van der Waals surface area (Å²) in [4.78, 5) is 3.89.